The minimum Gasteiger partial charge on any atom is -0.375 e. The fourth-order valence-electron chi connectivity index (χ4n) is 2.45. The third-order valence-corrected chi connectivity index (χ3v) is 4.88. The van der Waals surface area contributed by atoms with E-state index in [0.29, 0.717) is 18.6 Å². The van der Waals surface area contributed by atoms with Crippen LogP contribution in [0.25, 0.3) is 0 Å². The predicted molar refractivity (Wildman–Crippen MR) is 74.2 cm³/mol. The molecule has 1 aliphatic heterocycles. The summed E-state index contributed by atoms with van der Waals surface area (Å²) in [7, 11) is 0. The number of rotatable bonds is 4. The van der Waals surface area contributed by atoms with Crippen molar-refractivity contribution in [2.45, 2.75) is 44.8 Å². The molecule has 0 amide bonds. The summed E-state index contributed by atoms with van der Waals surface area (Å²) in [6.07, 6.45) is 4.00. The molecule has 2 heterocycles. The average molecular weight is 267 g/mol. The van der Waals surface area contributed by atoms with Gasteiger partial charge in [-0.05, 0) is 19.3 Å². The summed E-state index contributed by atoms with van der Waals surface area (Å²) < 4.78 is 5.71. The molecule has 2 N–H and O–H groups in total. The van der Waals surface area contributed by atoms with Crippen LogP contribution in [-0.2, 0) is 11.3 Å². The second-order valence-electron chi connectivity index (χ2n) is 5.13. The molecule has 5 heteroatoms. The van der Waals surface area contributed by atoms with Gasteiger partial charge in [0.05, 0.1) is 18.4 Å². The Balaban J connectivity index is 1.78. The van der Waals surface area contributed by atoms with E-state index in [2.05, 4.69) is 11.8 Å². The van der Waals surface area contributed by atoms with E-state index in [1.54, 1.807) is 11.3 Å². The molecule has 1 atom stereocenters. The fourth-order valence-corrected chi connectivity index (χ4v) is 3.51. The van der Waals surface area contributed by atoms with Crippen molar-refractivity contribution in [2.24, 2.45) is 5.73 Å². The highest BCUT2D eigenvalue weighted by atomic mass is 32.1. The maximum absolute atomic E-state index is 5.84. The zero-order valence-corrected chi connectivity index (χ0v) is 11.7. The quantitative estimate of drug-likeness (QED) is 0.907. The highest BCUT2D eigenvalue weighted by Crippen LogP contribution is 2.44. The van der Waals surface area contributed by atoms with E-state index in [1.807, 2.05) is 0 Å². The van der Waals surface area contributed by atoms with Crippen LogP contribution < -0.4 is 10.6 Å². The highest BCUT2D eigenvalue weighted by Gasteiger charge is 2.31. The monoisotopic (exact) mass is 267 g/mol. The van der Waals surface area contributed by atoms with Gasteiger partial charge in [-0.1, -0.05) is 6.92 Å². The molecular weight excluding hydrogens is 246 g/mol. The number of nitrogens with zero attached hydrogens (tertiary/aromatic N) is 2. The van der Waals surface area contributed by atoms with Crippen LogP contribution in [0.2, 0.25) is 0 Å². The van der Waals surface area contributed by atoms with E-state index >= 15 is 0 Å². The molecule has 1 aromatic rings. The molecule has 1 aliphatic carbocycles. The van der Waals surface area contributed by atoms with Gasteiger partial charge in [-0.15, -0.1) is 11.3 Å². The van der Waals surface area contributed by atoms with E-state index in [9.17, 15) is 0 Å². The van der Waals surface area contributed by atoms with Crippen LogP contribution >= 0.6 is 11.3 Å². The smallest absolute Gasteiger partial charge is 0.186 e. The number of hydrogen-bond donors (Lipinski definition) is 1. The largest absolute Gasteiger partial charge is 0.375 e. The molecule has 2 aliphatic rings. The fraction of sp³-hybridized carbons (Fsp3) is 0.769. The lowest BCUT2D eigenvalue weighted by atomic mass is 10.2. The summed E-state index contributed by atoms with van der Waals surface area (Å²) >= 11 is 1.78. The van der Waals surface area contributed by atoms with Crippen LogP contribution in [0.3, 0.4) is 0 Å². The highest BCUT2D eigenvalue weighted by molar-refractivity contribution is 7.15. The molecule has 100 valence electrons. The van der Waals surface area contributed by atoms with Crippen LogP contribution in [0.15, 0.2) is 0 Å². The first-order chi connectivity index (χ1) is 8.81. The Labute approximate surface area is 112 Å². The van der Waals surface area contributed by atoms with Crippen LogP contribution in [0, 0.1) is 0 Å². The Morgan fingerprint density at radius 1 is 1.50 bits per heavy atom. The average Bonchev–Trinajstić information content (AvgIpc) is 3.18. The van der Waals surface area contributed by atoms with Gasteiger partial charge in [-0.25, -0.2) is 4.98 Å². The maximum atomic E-state index is 5.84. The van der Waals surface area contributed by atoms with Crippen molar-refractivity contribution in [3.8, 4) is 0 Å². The first kappa shape index (κ1) is 12.4. The van der Waals surface area contributed by atoms with E-state index in [1.165, 1.54) is 23.4 Å². The molecule has 1 unspecified atom stereocenters. The number of hydrogen-bond acceptors (Lipinski definition) is 5. The van der Waals surface area contributed by atoms with E-state index < -0.39 is 0 Å². The number of morpholine rings is 1. The van der Waals surface area contributed by atoms with Gasteiger partial charge < -0.3 is 15.4 Å². The summed E-state index contributed by atoms with van der Waals surface area (Å²) in [6.45, 7) is 5.55. The Bertz CT molecular complexity index is 416. The normalized spacial score (nSPS) is 24.6. The Kier molecular flexibility index (Phi) is 3.54. The minimum absolute atomic E-state index is 0.355. The van der Waals surface area contributed by atoms with Crippen LogP contribution in [0.5, 0.6) is 0 Å². The molecule has 3 rings (SSSR count). The Hall–Kier alpha value is -0.650. The first-order valence-corrected chi connectivity index (χ1v) is 7.69. The van der Waals surface area contributed by atoms with Crippen LogP contribution in [0.4, 0.5) is 5.13 Å². The van der Waals surface area contributed by atoms with Crippen molar-refractivity contribution in [2.75, 3.05) is 24.6 Å². The summed E-state index contributed by atoms with van der Waals surface area (Å²) in [5, 5.41) is 1.15. The number of thiazole rings is 1. The third kappa shape index (κ3) is 2.39. The van der Waals surface area contributed by atoms with Gasteiger partial charge in [0.2, 0.25) is 0 Å². The van der Waals surface area contributed by atoms with Gasteiger partial charge in [0.1, 0.15) is 0 Å². The molecule has 18 heavy (non-hydrogen) atoms. The van der Waals surface area contributed by atoms with Crippen molar-refractivity contribution in [3.05, 3.63) is 10.6 Å². The van der Waals surface area contributed by atoms with Crippen LogP contribution in [-0.4, -0.2) is 30.8 Å². The summed E-state index contributed by atoms with van der Waals surface area (Å²) in [6, 6.07) is 0. The third-order valence-electron chi connectivity index (χ3n) is 3.73. The first-order valence-electron chi connectivity index (χ1n) is 6.88. The number of ether oxygens (including phenoxy) is 1. The van der Waals surface area contributed by atoms with Gasteiger partial charge in [0.15, 0.2) is 5.13 Å². The van der Waals surface area contributed by atoms with Crippen molar-refractivity contribution >= 4 is 16.5 Å². The molecule has 0 radical (unpaired) electrons. The van der Waals surface area contributed by atoms with Gasteiger partial charge in [0, 0.05) is 30.4 Å². The molecular formula is C13H21N3OS. The summed E-state index contributed by atoms with van der Waals surface area (Å²) in [5.41, 5.74) is 7.11. The maximum Gasteiger partial charge on any atom is 0.186 e. The number of aromatic nitrogens is 1. The molecule has 4 nitrogen and oxygen atoms in total. The lowest BCUT2D eigenvalue weighted by Gasteiger charge is -2.32. The van der Waals surface area contributed by atoms with Crippen molar-refractivity contribution in [1.29, 1.82) is 0 Å². The SMILES string of the molecule is CCC1CN(c2nc(C3CC3)c(CN)s2)CCO1. The van der Waals surface area contributed by atoms with Gasteiger partial charge >= 0.3 is 0 Å². The lowest BCUT2D eigenvalue weighted by molar-refractivity contribution is 0.0384. The summed E-state index contributed by atoms with van der Waals surface area (Å²) in [4.78, 5) is 8.50. The topological polar surface area (TPSA) is 51.4 Å². The van der Waals surface area contributed by atoms with Crippen molar-refractivity contribution in [3.63, 3.8) is 0 Å². The minimum atomic E-state index is 0.355. The molecule has 1 saturated carbocycles. The molecule has 0 bridgehead atoms. The zero-order valence-electron chi connectivity index (χ0n) is 10.9. The second-order valence-corrected chi connectivity index (χ2v) is 6.19. The Morgan fingerprint density at radius 2 is 2.33 bits per heavy atom. The second kappa shape index (κ2) is 5.15. The zero-order chi connectivity index (χ0) is 12.5. The van der Waals surface area contributed by atoms with E-state index in [-0.39, 0.29) is 0 Å². The molecule has 1 aromatic heterocycles. The number of anilines is 1. The molecule has 1 saturated heterocycles. The number of nitrogens with two attached hydrogens (primary N) is 1. The molecule has 2 fully saturated rings. The van der Waals surface area contributed by atoms with E-state index in [4.69, 9.17) is 15.5 Å². The van der Waals surface area contributed by atoms with Crippen molar-refractivity contribution in [1.82, 2.24) is 4.98 Å². The standard InChI is InChI=1S/C13H21N3OS/c1-2-10-8-16(5-6-17-10)13-15-12(9-3-4-9)11(7-14)18-13/h9-10H,2-8,14H2,1H3. The van der Waals surface area contributed by atoms with Crippen LogP contribution in [0.1, 0.15) is 42.7 Å². The van der Waals surface area contributed by atoms with E-state index in [0.717, 1.165) is 31.2 Å². The lowest BCUT2D eigenvalue weighted by Crippen LogP contribution is -2.42. The van der Waals surface area contributed by atoms with Gasteiger partial charge in [-0.3, -0.25) is 0 Å². The van der Waals surface area contributed by atoms with Crippen molar-refractivity contribution < 1.29 is 4.74 Å². The predicted octanol–water partition coefficient (Wildman–Crippen LogP) is 2.09. The Morgan fingerprint density at radius 3 is 3.00 bits per heavy atom. The molecule has 0 aromatic carbocycles. The molecule has 0 spiro atoms. The van der Waals surface area contributed by atoms with Gasteiger partial charge in [-0.2, -0.15) is 0 Å². The van der Waals surface area contributed by atoms with Gasteiger partial charge in [0.25, 0.3) is 0 Å². The summed E-state index contributed by atoms with van der Waals surface area (Å²) in [5.74, 6) is 0.691.